The molecule has 9 heteroatoms. The molecular formula is C13H14F3N5O. The molecule has 1 saturated heterocycles. The van der Waals surface area contributed by atoms with E-state index in [-0.39, 0.29) is 0 Å². The number of benzene rings is 1. The van der Waals surface area contributed by atoms with Gasteiger partial charge in [0, 0.05) is 13.1 Å². The van der Waals surface area contributed by atoms with Gasteiger partial charge in [0.1, 0.15) is 0 Å². The Morgan fingerprint density at radius 2 is 1.77 bits per heavy atom. The Morgan fingerprint density at radius 1 is 1.09 bits per heavy atom. The number of hydrogen-bond acceptors (Lipinski definition) is 5. The highest BCUT2D eigenvalue weighted by Crippen LogP contribution is 2.29. The van der Waals surface area contributed by atoms with Gasteiger partial charge in [-0.2, -0.15) is 17.9 Å². The number of nitrogens with zero attached hydrogens (tertiary/aromatic N) is 5. The molecule has 0 bridgehead atoms. The van der Waals surface area contributed by atoms with Crippen molar-refractivity contribution in [3.05, 3.63) is 35.7 Å². The highest BCUT2D eigenvalue weighted by molar-refractivity contribution is 5.35. The zero-order chi connectivity index (χ0) is 15.6. The van der Waals surface area contributed by atoms with Crippen molar-refractivity contribution in [1.82, 2.24) is 25.1 Å². The Balaban J connectivity index is 1.79. The average molecular weight is 313 g/mol. The summed E-state index contributed by atoms with van der Waals surface area (Å²) in [5.74, 6) is 0.585. The molecule has 3 rings (SSSR count). The lowest BCUT2D eigenvalue weighted by Gasteiger charge is -2.25. The molecule has 0 spiro atoms. The average Bonchev–Trinajstić information content (AvgIpc) is 2.96. The minimum atomic E-state index is -4.35. The molecule has 1 aliphatic heterocycles. The predicted molar refractivity (Wildman–Crippen MR) is 70.3 cm³/mol. The first-order chi connectivity index (χ1) is 10.5. The van der Waals surface area contributed by atoms with Gasteiger partial charge in [0.2, 0.25) is 0 Å². The third kappa shape index (κ3) is 3.25. The number of morpholine rings is 1. The largest absolute Gasteiger partial charge is 0.416 e. The van der Waals surface area contributed by atoms with Gasteiger partial charge in [0.15, 0.2) is 5.82 Å². The minimum absolute atomic E-state index is 0.501. The summed E-state index contributed by atoms with van der Waals surface area (Å²) < 4.78 is 44.5. The third-order valence-electron chi connectivity index (χ3n) is 3.44. The van der Waals surface area contributed by atoms with Gasteiger partial charge in [-0.1, -0.05) is 0 Å². The van der Waals surface area contributed by atoms with Crippen molar-refractivity contribution in [2.45, 2.75) is 12.7 Å². The molecule has 0 saturated carbocycles. The van der Waals surface area contributed by atoms with Gasteiger partial charge in [0.25, 0.3) is 0 Å². The second-order valence-corrected chi connectivity index (χ2v) is 4.94. The molecule has 1 aliphatic rings. The molecule has 0 aliphatic carbocycles. The van der Waals surface area contributed by atoms with Gasteiger partial charge in [0.05, 0.1) is 31.0 Å². The second kappa shape index (κ2) is 6.01. The van der Waals surface area contributed by atoms with Crippen LogP contribution in [0.15, 0.2) is 24.3 Å². The van der Waals surface area contributed by atoms with E-state index in [1.54, 1.807) is 0 Å². The van der Waals surface area contributed by atoms with Gasteiger partial charge in [-0.25, -0.2) is 0 Å². The standard InChI is InChI=1S/C13H14F3N5O/c14-13(15,16)10-1-3-11(4-2-10)21-12(17-18-19-21)9-20-5-7-22-8-6-20/h1-4H,5-9H2. The van der Waals surface area contributed by atoms with E-state index in [0.29, 0.717) is 31.3 Å². The van der Waals surface area contributed by atoms with Gasteiger partial charge in [-0.15, -0.1) is 5.10 Å². The predicted octanol–water partition coefficient (Wildman–Crippen LogP) is 1.51. The van der Waals surface area contributed by atoms with Crippen molar-refractivity contribution in [3.8, 4) is 5.69 Å². The molecule has 22 heavy (non-hydrogen) atoms. The first-order valence-corrected chi connectivity index (χ1v) is 6.79. The molecule has 1 aromatic heterocycles. The second-order valence-electron chi connectivity index (χ2n) is 4.94. The van der Waals surface area contributed by atoms with Gasteiger partial charge in [-0.05, 0) is 34.7 Å². The molecule has 6 nitrogen and oxygen atoms in total. The lowest BCUT2D eigenvalue weighted by atomic mass is 10.2. The van der Waals surface area contributed by atoms with Gasteiger partial charge >= 0.3 is 6.18 Å². The number of ether oxygens (including phenoxy) is 1. The maximum atomic E-state index is 12.6. The molecule has 1 fully saturated rings. The summed E-state index contributed by atoms with van der Waals surface area (Å²) in [7, 11) is 0. The van der Waals surface area contributed by atoms with Crippen LogP contribution in [-0.2, 0) is 17.5 Å². The van der Waals surface area contributed by atoms with E-state index in [9.17, 15) is 13.2 Å². The van der Waals surface area contributed by atoms with Crippen LogP contribution in [0.5, 0.6) is 0 Å². The summed E-state index contributed by atoms with van der Waals surface area (Å²) in [6.07, 6.45) is -4.35. The number of alkyl halides is 3. The number of rotatable bonds is 3. The molecule has 2 heterocycles. The lowest BCUT2D eigenvalue weighted by molar-refractivity contribution is -0.137. The Labute approximate surface area is 124 Å². The molecule has 118 valence electrons. The molecule has 0 atom stereocenters. The van der Waals surface area contributed by atoms with Crippen molar-refractivity contribution in [3.63, 3.8) is 0 Å². The summed E-state index contributed by atoms with van der Waals surface area (Å²) >= 11 is 0. The molecule has 0 unspecified atom stereocenters. The SMILES string of the molecule is FC(F)(F)c1ccc(-n2nnnc2CN2CCOCC2)cc1. The molecule has 1 aromatic carbocycles. The van der Waals surface area contributed by atoms with E-state index in [1.807, 2.05) is 0 Å². The summed E-state index contributed by atoms with van der Waals surface area (Å²) in [4.78, 5) is 2.13. The zero-order valence-corrected chi connectivity index (χ0v) is 11.6. The van der Waals surface area contributed by atoms with E-state index in [2.05, 4.69) is 20.4 Å². The first-order valence-electron chi connectivity index (χ1n) is 6.79. The van der Waals surface area contributed by atoms with Crippen molar-refractivity contribution in [1.29, 1.82) is 0 Å². The zero-order valence-electron chi connectivity index (χ0n) is 11.6. The Bertz CT molecular complexity index is 619. The normalized spacial score (nSPS) is 16.9. The smallest absolute Gasteiger partial charge is 0.379 e. The van der Waals surface area contributed by atoms with E-state index in [1.165, 1.54) is 16.8 Å². The Morgan fingerprint density at radius 3 is 2.41 bits per heavy atom. The van der Waals surface area contributed by atoms with Gasteiger partial charge in [-0.3, -0.25) is 4.90 Å². The topological polar surface area (TPSA) is 56.1 Å². The van der Waals surface area contributed by atoms with E-state index in [4.69, 9.17) is 4.74 Å². The number of hydrogen-bond donors (Lipinski definition) is 0. The van der Waals surface area contributed by atoms with Crippen LogP contribution in [0.3, 0.4) is 0 Å². The van der Waals surface area contributed by atoms with E-state index >= 15 is 0 Å². The van der Waals surface area contributed by atoms with Crippen LogP contribution >= 0.6 is 0 Å². The molecule has 0 radical (unpaired) electrons. The van der Waals surface area contributed by atoms with Crippen molar-refractivity contribution >= 4 is 0 Å². The number of halogens is 3. The van der Waals surface area contributed by atoms with Crippen molar-refractivity contribution in [2.24, 2.45) is 0 Å². The highest BCUT2D eigenvalue weighted by Gasteiger charge is 2.30. The highest BCUT2D eigenvalue weighted by atomic mass is 19.4. The van der Waals surface area contributed by atoms with E-state index < -0.39 is 11.7 Å². The minimum Gasteiger partial charge on any atom is -0.379 e. The molecular weight excluding hydrogens is 299 g/mol. The first kappa shape index (κ1) is 14.9. The van der Waals surface area contributed by atoms with Crippen molar-refractivity contribution < 1.29 is 17.9 Å². The summed E-state index contributed by atoms with van der Waals surface area (Å²) in [5.41, 5.74) is -0.194. The van der Waals surface area contributed by atoms with Crippen LogP contribution in [0.25, 0.3) is 5.69 Å². The van der Waals surface area contributed by atoms with Crippen LogP contribution < -0.4 is 0 Å². The van der Waals surface area contributed by atoms with Gasteiger partial charge < -0.3 is 4.74 Å². The molecule has 2 aromatic rings. The summed E-state index contributed by atoms with van der Waals surface area (Å²) in [6.45, 7) is 3.39. The van der Waals surface area contributed by atoms with E-state index in [0.717, 1.165) is 25.2 Å². The van der Waals surface area contributed by atoms with Crippen molar-refractivity contribution in [2.75, 3.05) is 26.3 Å². The summed E-state index contributed by atoms with van der Waals surface area (Å²) in [5, 5.41) is 11.4. The Hall–Kier alpha value is -2.00. The quantitative estimate of drug-likeness (QED) is 0.860. The fourth-order valence-corrected chi connectivity index (χ4v) is 2.26. The van der Waals surface area contributed by atoms with Crippen LogP contribution in [0.4, 0.5) is 13.2 Å². The Kier molecular flexibility index (Phi) is 4.08. The number of aromatic nitrogens is 4. The fraction of sp³-hybridized carbons (Fsp3) is 0.462. The summed E-state index contributed by atoms with van der Waals surface area (Å²) in [6, 6.07) is 4.77. The maximum absolute atomic E-state index is 12.6. The van der Waals surface area contributed by atoms with Crippen LogP contribution in [0, 0.1) is 0 Å². The van der Waals surface area contributed by atoms with Crippen LogP contribution in [0.1, 0.15) is 11.4 Å². The maximum Gasteiger partial charge on any atom is 0.416 e. The van der Waals surface area contributed by atoms with Crippen LogP contribution in [-0.4, -0.2) is 51.4 Å². The number of tetrazole rings is 1. The van der Waals surface area contributed by atoms with Crippen LogP contribution in [0.2, 0.25) is 0 Å². The lowest BCUT2D eigenvalue weighted by Crippen LogP contribution is -2.36. The monoisotopic (exact) mass is 313 g/mol. The molecule has 0 amide bonds. The third-order valence-corrected chi connectivity index (χ3v) is 3.44. The fourth-order valence-electron chi connectivity index (χ4n) is 2.26. The molecule has 0 N–H and O–H groups in total.